The van der Waals surface area contributed by atoms with Crippen molar-refractivity contribution in [2.24, 2.45) is 0 Å². The van der Waals surface area contributed by atoms with Gasteiger partial charge in [-0.1, -0.05) is 0 Å². The Bertz CT molecular complexity index is 392. The van der Waals surface area contributed by atoms with Gasteiger partial charge in [-0.25, -0.2) is 9.78 Å². The maximum atomic E-state index is 11.8. The lowest BCUT2D eigenvalue weighted by Gasteiger charge is -2.09. The van der Waals surface area contributed by atoms with Gasteiger partial charge in [-0.3, -0.25) is 5.32 Å². The van der Waals surface area contributed by atoms with Crippen LogP contribution in [0.5, 0.6) is 5.88 Å². The zero-order chi connectivity index (χ0) is 13.6. The molecule has 0 aliphatic heterocycles. The predicted octanol–water partition coefficient (Wildman–Crippen LogP) is 2.59. The minimum atomic E-state index is -4.55. The largest absolute Gasteiger partial charge is 0.478 e. The summed E-state index contributed by atoms with van der Waals surface area (Å²) in [5, 5.41) is 2.10. The molecular weight excluding hydrogens is 253 g/mol. The normalized spacial score (nSPS) is 10.9. The summed E-state index contributed by atoms with van der Waals surface area (Å²) in [6, 6.07) is 2.91. The standard InChI is InChI=1S/C10H11F3N2O3/c1-2-17-8-4-3-7(5-14-8)15-9(16)18-6-10(11,12)13/h3-5H,2,6H2,1H3,(H,15,16). The van der Waals surface area contributed by atoms with Gasteiger partial charge < -0.3 is 9.47 Å². The van der Waals surface area contributed by atoms with Gasteiger partial charge in [0, 0.05) is 6.07 Å². The molecule has 0 aliphatic carbocycles. The van der Waals surface area contributed by atoms with Gasteiger partial charge in [0.05, 0.1) is 18.5 Å². The highest BCUT2D eigenvalue weighted by Gasteiger charge is 2.29. The molecule has 1 aromatic heterocycles. The van der Waals surface area contributed by atoms with E-state index < -0.39 is 18.9 Å². The molecule has 0 unspecified atom stereocenters. The number of hydrogen-bond donors (Lipinski definition) is 1. The number of ether oxygens (including phenoxy) is 2. The average molecular weight is 264 g/mol. The van der Waals surface area contributed by atoms with Crippen LogP contribution in [0.25, 0.3) is 0 Å². The molecule has 1 amide bonds. The maximum absolute atomic E-state index is 11.8. The Morgan fingerprint density at radius 1 is 1.44 bits per heavy atom. The second kappa shape index (κ2) is 6.08. The number of amides is 1. The molecule has 1 N–H and O–H groups in total. The van der Waals surface area contributed by atoms with E-state index in [1.165, 1.54) is 18.3 Å². The Hall–Kier alpha value is -1.99. The van der Waals surface area contributed by atoms with E-state index in [-0.39, 0.29) is 5.69 Å². The Kier molecular flexibility index (Phi) is 4.75. The van der Waals surface area contributed by atoms with Crippen LogP contribution in [-0.2, 0) is 4.74 Å². The molecule has 8 heteroatoms. The molecule has 0 saturated heterocycles. The van der Waals surface area contributed by atoms with Crippen molar-refractivity contribution in [2.45, 2.75) is 13.1 Å². The van der Waals surface area contributed by atoms with Crippen molar-refractivity contribution in [3.05, 3.63) is 18.3 Å². The number of carbonyl (C=O) groups excluding carboxylic acids is 1. The number of nitrogens with one attached hydrogen (secondary N) is 1. The molecular formula is C10H11F3N2O3. The molecule has 100 valence electrons. The van der Waals surface area contributed by atoms with E-state index in [1.807, 2.05) is 0 Å². The van der Waals surface area contributed by atoms with Crippen LogP contribution >= 0.6 is 0 Å². The zero-order valence-electron chi connectivity index (χ0n) is 9.45. The third kappa shape index (κ3) is 5.37. The number of rotatable bonds is 4. The Labute approximate surface area is 101 Å². The smallest absolute Gasteiger partial charge is 0.422 e. The van der Waals surface area contributed by atoms with E-state index in [0.717, 1.165) is 0 Å². The van der Waals surface area contributed by atoms with Crippen molar-refractivity contribution in [1.82, 2.24) is 4.98 Å². The summed E-state index contributed by atoms with van der Waals surface area (Å²) in [5.74, 6) is 0.353. The first-order chi connectivity index (χ1) is 8.40. The molecule has 0 aliphatic rings. The SMILES string of the molecule is CCOc1ccc(NC(=O)OCC(F)(F)F)cn1. The van der Waals surface area contributed by atoms with Crippen LogP contribution in [0.1, 0.15) is 6.92 Å². The first-order valence-corrected chi connectivity index (χ1v) is 5.00. The molecule has 1 rings (SSSR count). The van der Waals surface area contributed by atoms with Gasteiger partial charge in [0.2, 0.25) is 5.88 Å². The molecule has 0 atom stereocenters. The van der Waals surface area contributed by atoms with E-state index in [9.17, 15) is 18.0 Å². The van der Waals surface area contributed by atoms with Crippen molar-refractivity contribution < 1.29 is 27.4 Å². The van der Waals surface area contributed by atoms with Gasteiger partial charge in [-0.15, -0.1) is 0 Å². The quantitative estimate of drug-likeness (QED) is 0.908. The molecule has 5 nitrogen and oxygen atoms in total. The van der Waals surface area contributed by atoms with Crippen molar-refractivity contribution in [2.75, 3.05) is 18.5 Å². The maximum Gasteiger partial charge on any atom is 0.422 e. The highest BCUT2D eigenvalue weighted by atomic mass is 19.4. The number of anilines is 1. The minimum absolute atomic E-state index is 0.214. The third-order valence-corrected chi connectivity index (χ3v) is 1.64. The summed E-state index contributed by atoms with van der Waals surface area (Å²) >= 11 is 0. The van der Waals surface area contributed by atoms with Crippen molar-refractivity contribution >= 4 is 11.8 Å². The van der Waals surface area contributed by atoms with Gasteiger partial charge in [-0.05, 0) is 13.0 Å². The van der Waals surface area contributed by atoms with Crippen LogP contribution in [0.4, 0.5) is 23.7 Å². The summed E-state index contributed by atoms with van der Waals surface area (Å²) in [6.07, 6.45) is -4.49. The van der Waals surface area contributed by atoms with Crippen LogP contribution in [0.2, 0.25) is 0 Å². The molecule has 0 saturated carbocycles. The van der Waals surface area contributed by atoms with Crippen LogP contribution in [0.3, 0.4) is 0 Å². The van der Waals surface area contributed by atoms with Gasteiger partial charge >= 0.3 is 12.3 Å². The van der Waals surface area contributed by atoms with Crippen molar-refractivity contribution in [3.63, 3.8) is 0 Å². The first kappa shape index (κ1) is 14.1. The number of halogens is 3. The fourth-order valence-electron chi connectivity index (χ4n) is 0.989. The van der Waals surface area contributed by atoms with E-state index in [0.29, 0.717) is 12.5 Å². The van der Waals surface area contributed by atoms with Gasteiger partial charge in [0.1, 0.15) is 0 Å². The molecule has 0 bridgehead atoms. The summed E-state index contributed by atoms with van der Waals surface area (Å²) in [5.41, 5.74) is 0.214. The van der Waals surface area contributed by atoms with Crippen LogP contribution in [-0.4, -0.2) is 30.5 Å². The summed E-state index contributed by atoms with van der Waals surface area (Å²) < 4.78 is 44.3. The van der Waals surface area contributed by atoms with E-state index in [1.54, 1.807) is 6.92 Å². The Morgan fingerprint density at radius 2 is 2.17 bits per heavy atom. The predicted molar refractivity (Wildman–Crippen MR) is 56.4 cm³/mol. The third-order valence-electron chi connectivity index (χ3n) is 1.64. The lowest BCUT2D eigenvalue weighted by molar-refractivity contribution is -0.159. The number of alkyl halides is 3. The van der Waals surface area contributed by atoms with Crippen LogP contribution in [0.15, 0.2) is 18.3 Å². The van der Waals surface area contributed by atoms with Gasteiger partial charge in [0.15, 0.2) is 6.61 Å². The molecule has 1 aromatic rings. The minimum Gasteiger partial charge on any atom is -0.478 e. The summed E-state index contributed by atoms with van der Waals surface area (Å²) in [6.45, 7) is 0.582. The summed E-state index contributed by atoms with van der Waals surface area (Å²) in [7, 11) is 0. The lowest BCUT2D eigenvalue weighted by atomic mass is 10.4. The van der Waals surface area contributed by atoms with Crippen LogP contribution in [0, 0.1) is 0 Å². The molecule has 1 heterocycles. The van der Waals surface area contributed by atoms with E-state index >= 15 is 0 Å². The lowest BCUT2D eigenvalue weighted by Crippen LogP contribution is -2.23. The fourth-order valence-corrected chi connectivity index (χ4v) is 0.989. The van der Waals surface area contributed by atoms with E-state index in [4.69, 9.17) is 4.74 Å². The van der Waals surface area contributed by atoms with Crippen molar-refractivity contribution in [1.29, 1.82) is 0 Å². The number of pyridine rings is 1. The second-order valence-electron chi connectivity index (χ2n) is 3.13. The van der Waals surface area contributed by atoms with Crippen LogP contribution < -0.4 is 10.1 Å². The topological polar surface area (TPSA) is 60.5 Å². The van der Waals surface area contributed by atoms with Crippen molar-refractivity contribution in [3.8, 4) is 5.88 Å². The number of hydrogen-bond acceptors (Lipinski definition) is 4. The Balaban J connectivity index is 2.44. The molecule has 18 heavy (non-hydrogen) atoms. The monoisotopic (exact) mass is 264 g/mol. The molecule has 0 aromatic carbocycles. The number of carbonyl (C=O) groups is 1. The average Bonchev–Trinajstić information content (AvgIpc) is 2.29. The number of aromatic nitrogens is 1. The highest BCUT2D eigenvalue weighted by molar-refractivity contribution is 5.84. The van der Waals surface area contributed by atoms with E-state index in [2.05, 4.69) is 15.0 Å². The zero-order valence-corrected chi connectivity index (χ0v) is 9.45. The fraction of sp³-hybridized carbons (Fsp3) is 0.400. The number of nitrogens with zero attached hydrogens (tertiary/aromatic N) is 1. The summed E-state index contributed by atoms with van der Waals surface area (Å²) in [4.78, 5) is 14.8. The Morgan fingerprint density at radius 3 is 2.67 bits per heavy atom. The molecule has 0 fully saturated rings. The molecule has 0 spiro atoms. The first-order valence-electron chi connectivity index (χ1n) is 5.00. The highest BCUT2D eigenvalue weighted by Crippen LogP contribution is 2.15. The van der Waals surface area contributed by atoms with Gasteiger partial charge in [-0.2, -0.15) is 13.2 Å². The van der Waals surface area contributed by atoms with Gasteiger partial charge in [0.25, 0.3) is 0 Å². The molecule has 0 radical (unpaired) electrons. The second-order valence-corrected chi connectivity index (χ2v) is 3.13.